The van der Waals surface area contributed by atoms with Crippen LogP contribution in [0.5, 0.6) is 5.75 Å². The van der Waals surface area contributed by atoms with Crippen LogP contribution in [0.2, 0.25) is 0 Å². The molecule has 2 aromatic carbocycles. The van der Waals surface area contributed by atoms with Crippen molar-refractivity contribution in [2.75, 3.05) is 6.61 Å². The van der Waals surface area contributed by atoms with Gasteiger partial charge in [-0.15, -0.1) is 0 Å². The molecule has 1 N–H and O–H groups in total. The summed E-state index contributed by atoms with van der Waals surface area (Å²) < 4.78 is 5.13. The minimum atomic E-state index is -0.466. The van der Waals surface area contributed by atoms with E-state index in [1.54, 1.807) is 18.7 Å². The molecule has 0 radical (unpaired) electrons. The Morgan fingerprint density at radius 3 is 2.35 bits per heavy atom. The molecule has 0 bridgehead atoms. The minimum absolute atomic E-state index is 0.0540. The summed E-state index contributed by atoms with van der Waals surface area (Å²) in [6.45, 7) is 7.88. The molecule has 0 aliphatic rings. The number of carbonyl (C=O) groups excluding carboxylic acids is 1. The first-order chi connectivity index (χ1) is 11.0. The largest absolute Gasteiger partial charge is 0.507 e. The van der Waals surface area contributed by atoms with Crippen molar-refractivity contribution in [1.82, 2.24) is 0 Å². The second kappa shape index (κ2) is 7.55. The Hall–Kier alpha value is -1.94. The summed E-state index contributed by atoms with van der Waals surface area (Å²) in [4.78, 5) is 14.4. The number of rotatable bonds is 5. The zero-order valence-corrected chi connectivity index (χ0v) is 14.8. The first-order valence-corrected chi connectivity index (χ1v) is 8.57. The number of phenolic OH excluding ortho intramolecular Hbond substituents is 1. The average molecular weight is 330 g/mol. The maximum Gasteiger partial charge on any atom is 0.342 e. The van der Waals surface area contributed by atoms with Crippen molar-refractivity contribution in [3.63, 3.8) is 0 Å². The van der Waals surface area contributed by atoms with Gasteiger partial charge in [0.05, 0.1) is 6.61 Å². The van der Waals surface area contributed by atoms with Gasteiger partial charge in [-0.1, -0.05) is 36.9 Å². The van der Waals surface area contributed by atoms with E-state index in [4.69, 9.17) is 4.74 Å². The van der Waals surface area contributed by atoms with Gasteiger partial charge in [0.1, 0.15) is 11.3 Å². The third kappa shape index (κ3) is 3.53. The SMILES string of the molecule is CCOC(=O)c1c(C)c(Sc2ccccc2)c(C)c(CC)c1O. The fourth-order valence-corrected chi connectivity index (χ4v) is 3.74. The van der Waals surface area contributed by atoms with Gasteiger partial charge in [0.25, 0.3) is 0 Å². The van der Waals surface area contributed by atoms with Crippen LogP contribution < -0.4 is 0 Å². The normalized spacial score (nSPS) is 10.6. The van der Waals surface area contributed by atoms with Crippen molar-refractivity contribution in [2.45, 2.75) is 43.9 Å². The zero-order chi connectivity index (χ0) is 17.0. The van der Waals surface area contributed by atoms with Crippen LogP contribution in [0.3, 0.4) is 0 Å². The van der Waals surface area contributed by atoms with Gasteiger partial charge in [-0.25, -0.2) is 4.79 Å². The molecule has 4 heteroatoms. The molecular weight excluding hydrogens is 308 g/mol. The summed E-state index contributed by atoms with van der Waals surface area (Å²) in [7, 11) is 0. The van der Waals surface area contributed by atoms with E-state index in [9.17, 15) is 9.90 Å². The molecule has 0 atom stereocenters. The predicted molar refractivity (Wildman–Crippen MR) is 93.5 cm³/mol. The van der Waals surface area contributed by atoms with Crippen LogP contribution in [0.1, 0.15) is 40.9 Å². The van der Waals surface area contributed by atoms with Crippen LogP contribution in [-0.4, -0.2) is 17.7 Å². The summed E-state index contributed by atoms with van der Waals surface area (Å²) >= 11 is 1.61. The number of carbonyl (C=O) groups is 1. The minimum Gasteiger partial charge on any atom is -0.507 e. The highest BCUT2D eigenvalue weighted by Gasteiger charge is 2.24. The topological polar surface area (TPSA) is 46.5 Å². The highest BCUT2D eigenvalue weighted by molar-refractivity contribution is 7.99. The fraction of sp³-hybridized carbons (Fsp3) is 0.316. The number of benzene rings is 2. The molecular formula is C19H22O3S. The maximum atomic E-state index is 12.3. The standard InChI is InChI=1S/C19H22O3S/c1-5-15-12(3)18(23-14-10-8-7-9-11-14)13(4)16(17(15)20)19(21)22-6-2/h7-11,20H,5-6H2,1-4H3. The first-order valence-electron chi connectivity index (χ1n) is 7.76. The molecule has 0 aliphatic heterocycles. The summed E-state index contributed by atoms with van der Waals surface area (Å²) in [5.74, 6) is -0.412. The Morgan fingerprint density at radius 2 is 1.78 bits per heavy atom. The molecule has 0 unspecified atom stereocenters. The fourth-order valence-electron chi connectivity index (χ4n) is 2.68. The van der Waals surface area contributed by atoms with Gasteiger partial charge in [0.2, 0.25) is 0 Å². The van der Waals surface area contributed by atoms with Gasteiger partial charge >= 0.3 is 5.97 Å². The van der Waals surface area contributed by atoms with Crippen LogP contribution in [0.4, 0.5) is 0 Å². The molecule has 0 aliphatic carbocycles. The molecule has 0 fully saturated rings. The van der Waals surface area contributed by atoms with Crippen molar-refractivity contribution in [1.29, 1.82) is 0 Å². The second-order valence-electron chi connectivity index (χ2n) is 5.27. The van der Waals surface area contributed by atoms with Gasteiger partial charge in [-0.3, -0.25) is 0 Å². The molecule has 2 aromatic rings. The summed E-state index contributed by atoms with van der Waals surface area (Å²) in [6, 6.07) is 10.0. The van der Waals surface area contributed by atoms with Crippen LogP contribution in [0.25, 0.3) is 0 Å². The molecule has 0 spiro atoms. The average Bonchev–Trinajstić information content (AvgIpc) is 2.53. The monoisotopic (exact) mass is 330 g/mol. The lowest BCUT2D eigenvalue weighted by atomic mass is 9.96. The van der Waals surface area contributed by atoms with Gasteiger partial charge in [0.15, 0.2) is 0 Å². The van der Waals surface area contributed by atoms with E-state index < -0.39 is 5.97 Å². The molecule has 0 heterocycles. The summed E-state index contributed by atoms with van der Waals surface area (Å²) in [5, 5.41) is 10.5. The zero-order valence-electron chi connectivity index (χ0n) is 14.0. The third-order valence-corrected chi connectivity index (χ3v) is 5.15. The molecule has 0 saturated heterocycles. The van der Waals surface area contributed by atoms with Gasteiger partial charge in [0, 0.05) is 9.79 Å². The van der Waals surface area contributed by atoms with E-state index >= 15 is 0 Å². The van der Waals surface area contributed by atoms with Gasteiger partial charge in [-0.2, -0.15) is 0 Å². The number of hydrogen-bond acceptors (Lipinski definition) is 4. The molecule has 3 nitrogen and oxygen atoms in total. The highest BCUT2D eigenvalue weighted by Crippen LogP contribution is 2.41. The van der Waals surface area contributed by atoms with Crippen LogP contribution in [0, 0.1) is 13.8 Å². The van der Waals surface area contributed by atoms with E-state index in [1.165, 1.54) is 0 Å². The Morgan fingerprint density at radius 1 is 1.13 bits per heavy atom. The Bertz CT molecular complexity index is 709. The number of esters is 1. The molecule has 0 aromatic heterocycles. The number of phenols is 1. The lowest BCUT2D eigenvalue weighted by molar-refractivity contribution is 0.0521. The Kier molecular flexibility index (Phi) is 5.72. The van der Waals surface area contributed by atoms with Crippen molar-refractivity contribution in [3.8, 4) is 5.75 Å². The van der Waals surface area contributed by atoms with Crippen molar-refractivity contribution in [3.05, 3.63) is 52.6 Å². The van der Waals surface area contributed by atoms with Crippen molar-refractivity contribution >= 4 is 17.7 Å². The number of hydrogen-bond donors (Lipinski definition) is 1. The first kappa shape index (κ1) is 17.4. The third-order valence-electron chi connectivity index (χ3n) is 3.83. The van der Waals surface area contributed by atoms with Gasteiger partial charge < -0.3 is 9.84 Å². The number of aromatic hydroxyl groups is 1. The molecule has 23 heavy (non-hydrogen) atoms. The molecule has 122 valence electrons. The van der Waals surface area contributed by atoms with Crippen molar-refractivity contribution in [2.24, 2.45) is 0 Å². The molecule has 0 saturated carbocycles. The molecule has 2 rings (SSSR count). The predicted octanol–water partition coefficient (Wildman–Crippen LogP) is 4.90. The van der Waals surface area contributed by atoms with E-state index in [0.29, 0.717) is 6.42 Å². The Labute approximate surface area is 141 Å². The van der Waals surface area contributed by atoms with E-state index in [-0.39, 0.29) is 17.9 Å². The number of ether oxygens (including phenoxy) is 1. The Balaban J connectivity index is 2.61. The highest BCUT2D eigenvalue weighted by atomic mass is 32.2. The maximum absolute atomic E-state index is 12.3. The molecule has 0 amide bonds. The second-order valence-corrected chi connectivity index (χ2v) is 6.35. The van der Waals surface area contributed by atoms with Crippen LogP contribution >= 0.6 is 11.8 Å². The summed E-state index contributed by atoms with van der Waals surface area (Å²) in [5.41, 5.74) is 2.87. The van der Waals surface area contributed by atoms with Crippen LogP contribution in [-0.2, 0) is 11.2 Å². The van der Waals surface area contributed by atoms with E-state index in [0.717, 1.165) is 26.5 Å². The van der Waals surface area contributed by atoms with E-state index in [1.807, 2.05) is 51.1 Å². The van der Waals surface area contributed by atoms with Gasteiger partial charge in [-0.05, 0) is 56.0 Å². The summed E-state index contributed by atoms with van der Waals surface area (Å²) in [6.07, 6.45) is 0.659. The van der Waals surface area contributed by atoms with Crippen molar-refractivity contribution < 1.29 is 14.6 Å². The van der Waals surface area contributed by atoms with E-state index in [2.05, 4.69) is 0 Å². The van der Waals surface area contributed by atoms with Crippen LogP contribution in [0.15, 0.2) is 40.1 Å². The smallest absolute Gasteiger partial charge is 0.342 e. The quantitative estimate of drug-likeness (QED) is 0.792. The lowest BCUT2D eigenvalue weighted by Gasteiger charge is -2.19. The lowest BCUT2D eigenvalue weighted by Crippen LogP contribution is -2.10.